The predicted octanol–water partition coefficient (Wildman–Crippen LogP) is 5.62. The van der Waals surface area contributed by atoms with Gasteiger partial charge in [-0.3, -0.25) is 4.79 Å². The number of para-hydroxylation sites is 2. The molecule has 4 aromatic rings. The summed E-state index contributed by atoms with van der Waals surface area (Å²) in [7, 11) is 0. The van der Waals surface area contributed by atoms with E-state index in [0.717, 1.165) is 21.8 Å². The van der Waals surface area contributed by atoms with Crippen molar-refractivity contribution in [1.29, 1.82) is 0 Å². The average Bonchev–Trinajstić information content (AvgIpc) is 3.15. The van der Waals surface area contributed by atoms with Gasteiger partial charge in [-0.2, -0.15) is 5.10 Å². The highest BCUT2D eigenvalue weighted by molar-refractivity contribution is 7.99. The zero-order valence-electron chi connectivity index (χ0n) is 19.2. The van der Waals surface area contributed by atoms with Crippen LogP contribution in [0.2, 0.25) is 0 Å². The van der Waals surface area contributed by atoms with E-state index in [-0.39, 0.29) is 17.1 Å². The molecule has 0 unspecified atom stereocenters. The second-order valence-corrected chi connectivity index (χ2v) is 9.85. The van der Waals surface area contributed by atoms with E-state index < -0.39 is 0 Å². The molecule has 0 spiro atoms. The van der Waals surface area contributed by atoms with Crippen LogP contribution in [0.15, 0.2) is 89.1 Å². The van der Waals surface area contributed by atoms with Gasteiger partial charge in [-0.15, -0.1) is 0 Å². The average molecular weight is 457 g/mol. The van der Waals surface area contributed by atoms with Crippen molar-refractivity contribution in [3.8, 4) is 0 Å². The molecule has 0 atom stereocenters. The summed E-state index contributed by atoms with van der Waals surface area (Å²) in [5.41, 5.74) is 8.11. The Morgan fingerprint density at radius 1 is 1.00 bits per heavy atom. The topological polar surface area (TPSA) is 59.3 Å². The van der Waals surface area contributed by atoms with Gasteiger partial charge < -0.3 is 4.57 Å². The van der Waals surface area contributed by atoms with E-state index in [1.165, 1.54) is 22.9 Å². The van der Waals surface area contributed by atoms with E-state index >= 15 is 0 Å². The van der Waals surface area contributed by atoms with Crippen LogP contribution in [0.25, 0.3) is 11.0 Å². The Kier molecular flexibility index (Phi) is 6.94. The molecule has 5 nitrogen and oxygen atoms in total. The third-order valence-electron chi connectivity index (χ3n) is 5.31. The van der Waals surface area contributed by atoms with Crippen LogP contribution in [0.5, 0.6) is 0 Å². The van der Waals surface area contributed by atoms with Crippen LogP contribution in [0, 0.1) is 0 Å². The fraction of sp³-hybridized carbons (Fsp3) is 0.222. The number of hydrogen-bond acceptors (Lipinski definition) is 4. The predicted molar refractivity (Wildman–Crippen MR) is 137 cm³/mol. The molecule has 0 aliphatic carbocycles. The van der Waals surface area contributed by atoms with Crippen molar-refractivity contribution in [3.05, 3.63) is 95.6 Å². The molecule has 0 radical (unpaired) electrons. The first kappa shape index (κ1) is 22.8. The highest BCUT2D eigenvalue weighted by atomic mass is 32.2. The normalized spacial score (nSPS) is 11.8. The van der Waals surface area contributed by atoms with Gasteiger partial charge in [0.15, 0.2) is 5.16 Å². The molecule has 0 aliphatic rings. The molecule has 3 aromatic carbocycles. The van der Waals surface area contributed by atoms with Gasteiger partial charge in [-0.25, -0.2) is 10.4 Å². The molecule has 0 bridgehead atoms. The van der Waals surface area contributed by atoms with Crippen LogP contribution in [0.4, 0.5) is 0 Å². The minimum atomic E-state index is -0.166. The Bertz CT molecular complexity index is 1260. The van der Waals surface area contributed by atoms with Crippen molar-refractivity contribution < 1.29 is 4.79 Å². The number of rotatable bonds is 7. The van der Waals surface area contributed by atoms with Crippen LogP contribution >= 0.6 is 11.8 Å². The lowest BCUT2D eigenvalue weighted by Gasteiger charge is -2.18. The maximum atomic E-state index is 12.4. The fourth-order valence-electron chi connectivity index (χ4n) is 3.49. The van der Waals surface area contributed by atoms with Crippen molar-refractivity contribution in [2.75, 3.05) is 5.75 Å². The third-order valence-corrected chi connectivity index (χ3v) is 6.29. The Morgan fingerprint density at radius 3 is 2.42 bits per heavy atom. The van der Waals surface area contributed by atoms with Gasteiger partial charge in [0.25, 0.3) is 5.91 Å². The highest BCUT2D eigenvalue weighted by Gasteiger charge is 2.14. The van der Waals surface area contributed by atoms with E-state index in [1.54, 1.807) is 6.21 Å². The Hall–Kier alpha value is -3.38. The molecule has 1 aromatic heterocycles. The van der Waals surface area contributed by atoms with Crippen molar-refractivity contribution in [2.24, 2.45) is 5.10 Å². The van der Waals surface area contributed by atoms with Crippen molar-refractivity contribution in [2.45, 2.75) is 37.9 Å². The van der Waals surface area contributed by atoms with Crippen molar-refractivity contribution in [1.82, 2.24) is 15.0 Å². The molecule has 1 N–H and O–H groups in total. The monoisotopic (exact) mass is 456 g/mol. The minimum absolute atomic E-state index is 0.109. The first-order chi connectivity index (χ1) is 15.9. The first-order valence-electron chi connectivity index (χ1n) is 10.9. The number of amides is 1. The number of fused-ring (bicyclic) bond motifs is 1. The summed E-state index contributed by atoms with van der Waals surface area (Å²) >= 11 is 1.42. The number of hydrazone groups is 1. The molecule has 0 fully saturated rings. The third kappa shape index (κ3) is 5.90. The van der Waals surface area contributed by atoms with Crippen LogP contribution in [-0.4, -0.2) is 27.4 Å². The number of hydrogen-bond donors (Lipinski definition) is 1. The van der Waals surface area contributed by atoms with E-state index in [4.69, 9.17) is 4.98 Å². The molecule has 4 rings (SSSR count). The van der Waals surface area contributed by atoms with E-state index in [0.29, 0.717) is 6.54 Å². The summed E-state index contributed by atoms with van der Waals surface area (Å²) in [6, 6.07) is 26.5. The standard InChI is InChI=1S/C27H28N4OS/c1-27(2,3)22-15-13-20(14-16-22)17-28-30-25(32)19-33-26-29-23-11-7-8-12-24(23)31(26)18-21-9-5-4-6-10-21/h4-17H,18-19H2,1-3H3,(H,30,32). The van der Waals surface area contributed by atoms with Crippen LogP contribution < -0.4 is 5.43 Å². The largest absolute Gasteiger partial charge is 0.314 e. The Balaban J connectivity index is 1.39. The molecule has 1 heterocycles. The quantitative estimate of drug-likeness (QED) is 0.223. The number of aromatic nitrogens is 2. The van der Waals surface area contributed by atoms with E-state index in [2.05, 4.69) is 66.2 Å². The van der Waals surface area contributed by atoms with Gasteiger partial charge in [0.1, 0.15) is 0 Å². The second-order valence-electron chi connectivity index (χ2n) is 8.91. The number of nitrogens with one attached hydrogen (secondary N) is 1. The molecule has 0 aliphatic heterocycles. The van der Waals surface area contributed by atoms with Gasteiger partial charge in [-0.05, 0) is 34.2 Å². The number of nitrogens with zero attached hydrogens (tertiary/aromatic N) is 3. The molecular formula is C27H28N4OS. The van der Waals surface area contributed by atoms with Gasteiger partial charge >= 0.3 is 0 Å². The summed E-state index contributed by atoms with van der Waals surface area (Å²) in [4.78, 5) is 17.1. The lowest BCUT2D eigenvalue weighted by Crippen LogP contribution is -2.20. The van der Waals surface area contributed by atoms with Crippen molar-refractivity contribution in [3.63, 3.8) is 0 Å². The lowest BCUT2D eigenvalue weighted by molar-refractivity contribution is -0.118. The molecule has 168 valence electrons. The summed E-state index contributed by atoms with van der Waals surface area (Å²) in [5.74, 6) is 0.0687. The maximum Gasteiger partial charge on any atom is 0.250 e. The maximum absolute atomic E-state index is 12.4. The zero-order valence-corrected chi connectivity index (χ0v) is 20.0. The number of carbonyl (C=O) groups excluding carboxylic acids is 1. The van der Waals surface area contributed by atoms with Gasteiger partial charge in [0.05, 0.1) is 29.5 Å². The summed E-state index contributed by atoms with van der Waals surface area (Å²) in [6.45, 7) is 7.25. The minimum Gasteiger partial charge on any atom is -0.314 e. The number of thioether (sulfide) groups is 1. The summed E-state index contributed by atoms with van der Waals surface area (Å²) < 4.78 is 2.16. The van der Waals surface area contributed by atoms with Gasteiger partial charge in [0.2, 0.25) is 0 Å². The van der Waals surface area contributed by atoms with E-state index in [1.807, 2.05) is 48.5 Å². The van der Waals surface area contributed by atoms with Crippen LogP contribution in [-0.2, 0) is 16.8 Å². The molecule has 0 saturated carbocycles. The van der Waals surface area contributed by atoms with Crippen LogP contribution in [0.1, 0.15) is 37.5 Å². The summed E-state index contributed by atoms with van der Waals surface area (Å²) in [5, 5.41) is 4.93. The second kappa shape index (κ2) is 10.0. The number of benzene rings is 3. The molecular weight excluding hydrogens is 428 g/mol. The van der Waals surface area contributed by atoms with Crippen molar-refractivity contribution >= 4 is 34.9 Å². The first-order valence-corrected chi connectivity index (χ1v) is 11.9. The Labute approximate surface area is 198 Å². The molecule has 0 saturated heterocycles. The zero-order chi connectivity index (χ0) is 23.3. The molecule has 6 heteroatoms. The lowest BCUT2D eigenvalue weighted by atomic mass is 9.87. The smallest absolute Gasteiger partial charge is 0.250 e. The fourth-order valence-corrected chi connectivity index (χ4v) is 4.30. The highest BCUT2D eigenvalue weighted by Crippen LogP contribution is 2.25. The van der Waals surface area contributed by atoms with Crippen LogP contribution in [0.3, 0.4) is 0 Å². The Morgan fingerprint density at radius 2 is 1.70 bits per heavy atom. The molecule has 33 heavy (non-hydrogen) atoms. The van der Waals surface area contributed by atoms with Gasteiger partial charge in [0, 0.05) is 0 Å². The van der Waals surface area contributed by atoms with E-state index in [9.17, 15) is 4.79 Å². The number of carbonyl (C=O) groups is 1. The molecule has 1 amide bonds. The van der Waals surface area contributed by atoms with Gasteiger partial charge in [-0.1, -0.05) is 99.3 Å². The summed E-state index contributed by atoms with van der Waals surface area (Å²) in [6.07, 6.45) is 1.67. The number of imidazole rings is 1. The SMILES string of the molecule is CC(C)(C)c1ccc(C=NNC(=O)CSc2nc3ccccc3n2Cc2ccccc2)cc1.